The number of benzene rings is 2. The number of hydrogen-bond donors (Lipinski definition) is 1. The SMILES string of the molecule is CCCOc1ccc(C(c2ccc(OCCC)cc2)C(CCCOC)C(N)=O)cc1. The molecule has 164 valence electrons. The summed E-state index contributed by atoms with van der Waals surface area (Å²) in [5, 5.41) is 0. The zero-order valence-electron chi connectivity index (χ0n) is 18.4. The second-order valence-corrected chi connectivity index (χ2v) is 7.46. The van der Waals surface area contributed by atoms with Gasteiger partial charge >= 0.3 is 0 Å². The number of primary amides is 1. The predicted molar refractivity (Wildman–Crippen MR) is 120 cm³/mol. The monoisotopic (exact) mass is 413 g/mol. The van der Waals surface area contributed by atoms with E-state index in [9.17, 15) is 4.79 Å². The van der Waals surface area contributed by atoms with Crippen LogP contribution in [-0.2, 0) is 9.53 Å². The minimum Gasteiger partial charge on any atom is -0.494 e. The minimum atomic E-state index is -0.329. The minimum absolute atomic E-state index is 0.139. The van der Waals surface area contributed by atoms with Gasteiger partial charge in [-0.15, -0.1) is 0 Å². The van der Waals surface area contributed by atoms with E-state index in [1.54, 1.807) is 7.11 Å². The quantitative estimate of drug-likeness (QED) is 0.446. The second-order valence-electron chi connectivity index (χ2n) is 7.46. The molecular weight excluding hydrogens is 378 g/mol. The molecule has 1 unspecified atom stereocenters. The lowest BCUT2D eigenvalue weighted by Gasteiger charge is -2.26. The van der Waals surface area contributed by atoms with Crippen molar-refractivity contribution in [2.75, 3.05) is 26.9 Å². The Balaban J connectivity index is 2.34. The van der Waals surface area contributed by atoms with E-state index < -0.39 is 0 Å². The molecule has 0 bridgehead atoms. The molecule has 0 heterocycles. The van der Waals surface area contributed by atoms with Crippen LogP contribution < -0.4 is 15.2 Å². The summed E-state index contributed by atoms with van der Waals surface area (Å²) in [6.07, 6.45) is 3.35. The fourth-order valence-corrected chi connectivity index (χ4v) is 3.56. The van der Waals surface area contributed by atoms with Crippen LogP contribution in [0.1, 0.15) is 56.6 Å². The number of rotatable bonds is 14. The van der Waals surface area contributed by atoms with E-state index in [-0.39, 0.29) is 17.7 Å². The highest BCUT2D eigenvalue weighted by Gasteiger charge is 2.29. The van der Waals surface area contributed by atoms with Gasteiger partial charge in [0.2, 0.25) is 5.91 Å². The molecule has 2 rings (SSSR count). The summed E-state index contributed by atoms with van der Waals surface area (Å²) in [6, 6.07) is 16.0. The molecule has 0 saturated heterocycles. The Morgan fingerprint density at radius 1 is 0.833 bits per heavy atom. The number of ether oxygens (including phenoxy) is 3. The molecule has 0 radical (unpaired) electrons. The Bertz CT molecular complexity index is 691. The number of amides is 1. The molecule has 0 aliphatic heterocycles. The Kier molecular flexibility index (Phi) is 10.2. The van der Waals surface area contributed by atoms with Gasteiger partial charge in [0, 0.05) is 25.6 Å². The maximum atomic E-state index is 12.4. The average molecular weight is 414 g/mol. The van der Waals surface area contributed by atoms with E-state index in [0.29, 0.717) is 26.2 Å². The molecule has 1 amide bonds. The van der Waals surface area contributed by atoms with Crippen LogP contribution in [0.3, 0.4) is 0 Å². The smallest absolute Gasteiger partial charge is 0.221 e. The average Bonchev–Trinajstić information content (AvgIpc) is 2.77. The third kappa shape index (κ3) is 7.06. The Morgan fingerprint density at radius 2 is 1.30 bits per heavy atom. The first-order valence-corrected chi connectivity index (χ1v) is 10.8. The molecule has 5 heteroatoms. The highest BCUT2D eigenvalue weighted by Crippen LogP contribution is 2.36. The van der Waals surface area contributed by atoms with Crippen LogP contribution in [0.25, 0.3) is 0 Å². The van der Waals surface area contributed by atoms with Crippen LogP contribution in [0.15, 0.2) is 48.5 Å². The van der Waals surface area contributed by atoms with Crippen LogP contribution in [0, 0.1) is 5.92 Å². The zero-order valence-corrected chi connectivity index (χ0v) is 18.4. The van der Waals surface area contributed by atoms with E-state index in [4.69, 9.17) is 19.9 Å². The van der Waals surface area contributed by atoms with E-state index in [1.807, 2.05) is 48.5 Å². The van der Waals surface area contributed by atoms with Crippen molar-refractivity contribution in [2.45, 2.75) is 45.4 Å². The first-order valence-electron chi connectivity index (χ1n) is 10.8. The third-order valence-corrected chi connectivity index (χ3v) is 5.06. The van der Waals surface area contributed by atoms with Gasteiger partial charge < -0.3 is 19.9 Å². The van der Waals surface area contributed by atoms with Gasteiger partial charge in [-0.2, -0.15) is 0 Å². The summed E-state index contributed by atoms with van der Waals surface area (Å²) in [5.41, 5.74) is 7.94. The summed E-state index contributed by atoms with van der Waals surface area (Å²) in [7, 11) is 1.67. The largest absolute Gasteiger partial charge is 0.494 e. The molecule has 30 heavy (non-hydrogen) atoms. The van der Waals surface area contributed by atoms with E-state index >= 15 is 0 Å². The molecule has 5 nitrogen and oxygen atoms in total. The lowest BCUT2D eigenvalue weighted by atomic mass is 9.78. The number of carbonyl (C=O) groups excluding carboxylic acids is 1. The number of hydrogen-bond acceptors (Lipinski definition) is 4. The topological polar surface area (TPSA) is 70.8 Å². The Hall–Kier alpha value is -2.53. The highest BCUT2D eigenvalue weighted by atomic mass is 16.5. The first kappa shape index (κ1) is 23.7. The van der Waals surface area contributed by atoms with Crippen molar-refractivity contribution in [2.24, 2.45) is 11.7 Å². The maximum absolute atomic E-state index is 12.4. The second kappa shape index (κ2) is 12.9. The van der Waals surface area contributed by atoms with Gasteiger partial charge in [0.25, 0.3) is 0 Å². The lowest BCUT2D eigenvalue weighted by molar-refractivity contribution is -0.122. The molecule has 2 N–H and O–H groups in total. The van der Waals surface area contributed by atoms with Gasteiger partial charge in [-0.25, -0.2) is 0 Å². The fraction of sp³-hybridized carbons (Fsp3) is 0.480. The van der Waals surface area contributed by atoms with Crippen LogP contribution >= 0.6 is 0 Å². The van der Waals surface area contributed by atoms with Gasteiger partial charge in [0.05, 0.1) is 13.2 Å². The van der Waals surface area contributed by atoms with Gasteiger partial charge in [0.15, 0.2) is 0 Å². The van der Waals surface area contributed by atoms with Gasteiger partial charge in [-0.05, 0) is 61.1 Å². The molecule has 0 aromatic heterocycles. The molecule has 0 fully saturated rings. The summed E-state index contributed by atoms with van der Waals surface area (Å²) in [6.45, 7) is 6.13. The standard InChI is InChI=1S/C25H35NO4/c1-4-16-29-21-12-8-19(9-13-21)24(23(25(26)27)7-6-18-28-3)20-10-14-22(15-11-20)30-17-5-2/h8-15,23-24H,4-7,16-18H2,1-3H3,(H2,26,27). The summed E-state index contributed by atoms with van der Waals surface area (Å²) in [5.74, 6) is 0.897. The van der Waals surface area contributed by atoms with Crippen molar-refractivity contribution in [1.29, 1.82) is 0 Å². The van der Waals surface area contributed by atoms with Crippen LogP contribution in [-0.4, -0.2) is 32.8 Å². The molecule has 0 aliphatic carbocycles. The third-order valence-electron chi connectivity index (χ3n) is 5.06. The molecule has 2 aromatic rings. The number of nitrogens with two attached hydrogens (primary N) is 1. The van der Waals surface area contributed by atoms with Crippen molar-refractivity contribution in [3.63, 3.8) is 0 Å². The number of carbonyl (C=O) groups is 1. The van der Waals surface area contributed by atoms with Gasteiger partial charge in [0.1, 0.15) is 11.5 Å². The van der Waals surface area contributed by atoms with Crippen molar-refractivity contribution in [1.82, 2.24) is 0 Å². The Labute approximate surface area is 180 Å². The van der Waals surface area contributed by atoms with Gasteiger partial charge in [-0.1, -0.05) is 38.1 Å². The van der Waals surface area contributed by atoms with Crippen LogP contribution in [0.4, 0.5) is 0 Å². The van der Waals surface area contributed by atoms with E-state index in [1.165, 1.54) is 0 Å². The lowest BCUT2D eigenvalue weighted by Crippen LogP contribution is -2.30. The molecule has 0 spiro atoms. The van der Waals surface area contributed by atoms with Crippen LogP contribution in [0.5, 0.6) is 11.5 Å². The van der Waals surface area contributed by atoms with E-state index in [0.717, 1.165) is 41.9 Å². The molecule has 2 aromatic carbocycles. The summed E-state index contributed by atoms with van der Waals surface area (Å²) < 4.78 is 16.6. The molecule has 0 saturated carbocycles. The van der Waals surface area contributed by atoms with Gasteiger partial charge in [-0.3, -0.25) is 4.79 Å². The normalized spacial score (nSPS) is 12.0. The fourth-order valence-electron chi connectivity index (χ4n) is 3.56. The van der Waals surface area contributed by atoms with E-state index in [2.05, 4.69) is 13.8 Å². The summed E-state index contributed by atoms with van der Waals surface area (Å²) in [4.78, 5) is 12.4. The zero-order chi connectivity index (χ0) is 21.8. The van der Waals surface area contributed by atoms with Crippen molar-refractivity contribution < 1.29 is 19.0 Å². The van der Waals surface area contributed by atoms with Crippen molar-refractivity contribution in [3.05, 3.63) is 59.7 Å². The highest BCUT2D eigenvalue weighted by molar-refractivity contribution is 5.78. The first-order chi connectivity index (χ1) is 14.6. The van der Waals surface area contributed by atoms with Crippen molar-refractivity contribution in [3.8, 4) is 11.5 Å². The van der Waals surface area contributed by atoms with Crippen LogP contribution in [0.2, 0.25) is 0 Å². The molecule has 0 aliphatic rings. The maximum Gasteiger partial charge on any atom is 0.221 e. The van der Waals surface area contributed by atoms with Crippen molar-refractivity contribution >= 4 is 5.91 Å². The predicted octanol–water partition coefficient (Wildman–Crippen LogP) is 4.92. The molecule has 1 atom stereocenters. The number of methoxy groups -OCH3 is 1. The molecular formula is C25H35NO4. The Morgan fingerprint density at radius 3 is 1.67 bits per heavy atom. The summed E-state index contributed by atoms with van der Waals surface area (Å²) >= 11 is 0.